The summed E-state index contributed by atoms with van der Waals surface area (Å²) >= 11 is 0. The SMILES string of the molecule is CC(C)(C)NC(=O)c1cccc(Nc2cc(NC34CC5CC(CC(O)(C5)C3)C4)nn3c(C#N)cnc23)n1. The Hall–Kier alpha value is -3.71. The van der Waals surface area contributed by atoms with Gasteiger partial charge in [-0.05, 0) is 83.3 Å². The van der Waals surface area contributed by atoms with E-state index in [9.17, 15) is 15.2 Å². The summed E-state index contributed by atoms with van der Waals surface area (Å²) in [7, 11) is 0. The normalized spacial score (nSPS) is 28.2. The van der Waals surface area contributed by atoms with Crippen molar-refractivity contribution in [2.24, 2.45) is 11.8 Å². The Labute approximate surface area is 215 Å². The lowest BCUT2D eigenvalue weighted by molar-refractivity contribution is -0.127. The summed E-state index contributed by atoms with van der Waals surface area (Å²) in [5.41, 5.74) is 0.512. The van der Waals surface area contributed by atoms with Crippen LogP contribution in [0.15, 0.2) is 30.5 Å². The van der Waals surface area contributed by atoms with Gasteiger partial charge in [0, 0.05) is 17.1 Å². The number of pyridine rings is 1. The van der Waals surface area contributed by atoms with E-state index < -0.39 is 5.60 Å². The molecule has 3 heterocycles. The largest absolute Gasteiger partial charge is 0.390 e. The Morgan fingerprint density at radius 1 is 1.19 bits per heavy atom. The quantitative estimate of drug-likeness (QED) is 0.415. The maximum absolute atomic E-state index is 12.7. The van der Waals surface area contributed by atoms with Gasteiger partial charge in [0.15, 0.2) is 11.3 Å². The molecular formula is C27H32N8O2. The number of rotatable bonds is 5. The molecule has 4 N–H and O–H groups in total. The first-order valence-electron chi connectivity index (χ1n) is 12.9. The molecule has 4 bridgehead atoms. The van der Waals surface area contributed by atoms with Gasteiger partial charge < -0.3 is 21.1 Å². The van der Waals surface area contributed by atoms with E-state index in [1.165, 1.54) is 17.1 Å². The second-order valence-corrected chi connectivity index (χ2v) is 12.3. The van der Waals surface area contributed by atoms with Crippen molar-refractivity contribution in [2.75, 3.05) is 10.6 Å². The number of anilines is 3. The van der Waals surface area contributed by atoms with Gasteiger partial charge in [0.05, 0.1) is 17.5 Å². The van der Waals surface area contributed by atoms with Gasteiger partial charge in [-0.2, -0.15) is 9.78 Å². The second-order valence-electron chi connectivity index (χ2n) is 12.3. The van der Waals surface area contributed by atoms with Crippen LogP contribution in [0.3, 0.4) is 0 Å². The molecular weight excluding hydrogens is 468 g/mol. The number of nitrogens with zero attached hydrogens (tertiary/aromatic N) is 5. The lowest BCUT2D eigenvalue weighted by Gasteiger charge is -2.60. The highest BCUT2D eigenvalue weighted by molar-refractivity contribution is 5.93. The predicted molar refractivity (Wildman–Crippen MR) is 138 cm³/mol. The summed E-state index contributed by atoms with van der Waals surface area (Å²) in [5.74, 6) is 1.87. The first-order valence-corrected chi connectivity index (χ1v) is 12.9. The van der Waals surface area contributed by atoms with E-state index in [-0.39, 0.29) is 17.0 Å². The molecule has 4 saturated carbocycles. The third kappa shape index (κ3) is 4.48. The summed E-state index contributed by atoms with van der Waals surface area (Å²) in [6.45, 7) is 5.76. The number of nitriles is 1. The van der Waals surface area contributed by atoms with E-state index in [1.54, 1.807) is 18.2 Å². The molecule has 0 spiro atoms. The minimum absolute atomic E-state index is 0.215. The molecule has 3 aromatic heterocycles. The molecule has 1 amide bonds. The molecule has 0 saturated heterocycles. The molecule has 2 unspecified atom stereocenters. The first-order chi connectivity index (χ1) is 17.5. The monoisotopic (exact) mass is 500 g/mol. The first kappa shape index (κ1) is 23.7. The third-order valence-corrected chi connectivity index (χ3v) is 7.74. The zero-order valence-electron chi connectivity index (χ0n) is 21.4. The topological polar surface area (TPSA) is 140 Å². The average Bonchev–Trinajstić information content (AvgIpc) is 3.19. The lowest BCUT2D eigenvalue weighted by atomic mass is 9.51. The fourth-order valence-electron chi connectivity index (χ4n) is 7.00. The Morgan fingerprint density at radius 3 is 2.62 bits per heavy atom. The Kier molecular flexibility index (Phi) is 5.21. The number of amides is 1. The van der Waals surface area contributed by atoms with Gasteiger partial charge in [-0.25, -0.2) is 9.97 Å². The van der Waals surface area contributed by atoms with Gasteiger partial charge in [-0.15, -0.1) is 5.10 Å². The molecule has 10 nitrogen and oxygen atoms in total. The molecule has 2 atom stereocenters. The smallest absolute Gasteiger partial charge is 0.270 e. The molecule has 3 aromatic rings. The molecule has 0 radical (unpaired) electrons. The second kappa shape index (κ2) is 8.15. The van der Waals surface area contributed by atoms with Crippen LogP contribution in [0.4, 0.5) is 17.3 Å². The summed E-state index contributed by atoms with van der Waals surface area (Å²) in [4.78, 5) is 21.6. The lowest BCUT2D eigenvalue weighted by Crippen LogP contribution is -2.62. The van der Waals surface area contributed by atoms with E-state index in [0.717, 1.165) is 25.7 Å². The maximum Gasteiger partial charge on any atom is 0.270 e. The number of aliphatic hydroxyl groups is 1. The van der Waals surface area contributed by atoms with Crippen LogP contribution < -0.4 is 16.0 Å². The highest BCUT2D eigenvalue weighted by Gasteiger charge is 2.57. The molecule has 0 aromatic carbocycles. The van der Waals surface area contributed by atoms with E-state index in [0.29, 0.717) is 52.6 Å². The zero-order chi connectivity index (χ0) is 26.0. The summed E-state index contributed by atoms with van der Waals surface area (Å²) < 4.78 is 1.52. The molecule has 4 fully saturated rings. The van der Waals surface area contributed by atoms with E-state index in [4.69, 9.17) is 5.10 Å². The fourth-order valence-corrected chi connectivity index (χ4v) is 7.00. The number of hydrogen-bond acceptors (Lipinski definition) is 8. The van der Waals surface area contributed by atoms with Crippen LogP contribution in [-0.2, 0) is 0 Å². The van der Waals surface area contributed by atoms with Crippen LogP contribution in [0.5, 0.6) is 0 Å². The minimum Gasteiger partial charge on any atom is -0.390 e. The third-order valence-electron chi connectivity index (χ3n) is 7.74. The van der Waals surface area contributed by atoms with Crippen molar-refractivity contribution in [1.82, 2.24) is 24.9 Å². The van der Waals surface area contributed by atoms with Gasteiger partial charge >= 0.3 is 0 Å². The van der Waals surface area contributed by atoms with Crippen LogP contribution in [0.1, 0.15) is 75.5 Å². The van der Waals surface area contributed by atoms with Gasteiger partial charge in [0.2, 0.25) is 0 Å². The highest BCUT2D eigenvalue weighted by atomic mass is 16.3. The number of aromatic nitrogens is 4. The van der Waals surface area contributed by atoms with Crippen molar-refractivity contribution in [3.05, 3.63) is 41.9 Å². The number of hydrogen-bond donors (Lipinski definition) is 4. The molecule has 4 aliphatic carbocycles. The summed E-state index contributed by atoms with van der Waals surface area (Å²) in [6, 6.07) is 9.24. The fraction of sp³-hybridized carbons (Fsp3) is 0.519. The number of fused-ring (bicyclic) bond motifs is 1. The van der Waals surface area contributed by atoms with Crippen molar-refractivity contribution < 1.29 is 9.90 Å². The zero-order valence-corrected chi connectivity index (χ0v) is 21.4. The molecule has 4 aliphatic rings. The van der Waals surface area contributed by atoms with E-state index in [2.05, 4.69) is 32.0 Å². The van der Waals surface area contributed by atoms with E-state index in [1.807, 2.05) is 26.8 Å². The number of imidazole rings is 1. The molecule has 37 heavy (non-hydrogen) atoms. The van der Waals surface area contributed by atoms with Crippen LogP contribution in [0, 0.1) is 23.2 Å². The average molecular weight is 501 g/mol. The summed E-state index contributed by atoms with van der Waals surface area (Å²) in [5, 5.41) is 35.4. The van der Waals surface area contributed by atoms with Gasteiger partial charge in [-0.1, -0.05) is 6.07 Å². The van der Waals surface area contributed by atoms with Crippen molar-refractivity contribution in [3.8, 4) is 6.07 Å². The van der Waals surface area contributed by atoms with Crippen molar-refractivity contribution >= 4 is 28.9 Å². The van der Waals surface area contributed by atoms with Crippen molar-refractivity contribution in [1.29, 1.82) is 5.26 Å². The minimum atomic E-state index is -0.604. The number of carbonyl (C=O) groups excluding carboxylic acids is 1. The van der Waals surface area contributed by atoms with Crippen LogP contribution >= 0.6 is 0 Å². The standard InChI is InChI=1S/C27H32N8O2/c1-25(2,3)33-24(36)19-5-4-6-21(30-19)31-20-8-22(34-35-18(13-28)14-29-23(20)35)32-26-9-16-7-17(10-26)12-27(37,11-16)15-26/h4-6,8,14,16-17,37H,7,9-12,15H2,1-3H3,(H,30,31)(H,32,34)(H,33,36). The van der Waals surface area contributed by atoms with Gasteiger partial charge in [0.1, 0.15) is 23.4 Å². The Bertz CT molecular complexity index is 1420. The van der Waals surface area contributed by atoms with Crippen LogP contribution in [0.2, 0.25) is 0 Å². The van der Waals surface area contributed by atoms with Crippen LogP contribution in [-0.4, -0.2) is 47.3 Å². The molecule has 10 heteroatoms. The molecule has 0 aliphatic heterocycles. The summed E-state index contributed by atoms with van der Waals surface area (Å²) in [6.07, 6.45) is 7.18. The number of carbonyl (C=O) groups is 1. The maximum atomic E-state index is 12.7. The predicted octanol–water partition coefficient (Wildman–Crippen LogP) is 3.76. The van der Waals surface area contributed by atoms with Crippen molar-refractivity contribution in [2.45, 2.75) is 76.0 Å². The van der Waals surface area contributed by atoms with Gasteiger partial charge in [-0.3, -0.25) is 4.79 Å². The Morgan fingerprint density at radius 2 is 1.95 bits per heavy atom. The Balaban J connectivity index is 1.33. The van der Waals surface area contributed by atoms with Gasteiger partial charge in [0.25, 0.3) is 5.91 Å². The molecule has 192 valence electrons. The number of nitrogens with one attached hydrogen (secondary N) is 3. The van der Waals surface area contributed by atoms with Crippen molar-refractivity contribution in [3.63, 3.8) is 0 Å². The molecule has 7 rings (SSSR count). The van der Waals surface area contributed by atoms with Crippen LogP contribution in [0.25, 0.3) is 5.65 Å². The van der Waals surface area contributed by atoms with E-state index >= 15 is 0 Å². The highest BCUT2D eigenvalue weighted by Crippen LogP contribution is 2.58.